The van der Waals surface area contributed by atoms with E-state index in [1.54, 1.807) is 12.3 Å². The molecule has 0 radical (unpaired) electrons. The van der Waals surface area contributed by atoms with Crippen LogP contribution in [0.3, 0.4) is 0 Å². The SMILES string of the molecule is CCc1cc(CC)n(-c2ccc(C#N)nc2)n1. The lowest BCUT2D eigenvalue weighted by Gasteiger charge is -2.04. The molecule has 0 spiro atoms. The van der Waals surface area contributed by atoms with Crippen molar-refractivity contribution in [2.24, 2.45) is 0 Å². The quantitative estimate of drug-likeness (QED) is 0.806. The molecule has 86 valence electrons. The highest BCUT2D eigenvalue weighted by Gasteiger charge is 2.07. The fraction of sp³-hybridized carbons (Fsp3) is 0.308. The van der Waals surface area contributed by atoms with E-state index >= 15 is 0 Å². The Morgan fingerprint density at radius 1 is 1.29 bits per heavy atom. The molecule has 0 aromatic carbocycles. The summed E-state index contributed by atoms with van der Waals surface area (Å²) < 4.78 is 1.90. The van der Waals surface area contributed by atoms with Crippen molar-refractivity contribution in [1.29, 1.82) is 5.26 Å². The van der Waals surface area contributed by atoms with E-state index in [0.717, 1.165) is 29.9 Å². The summed E-state index contributed by atoms with van der Waals surface area (Å²) in [5, 5.41) is 13.2. The lowest BCUT2D eigenvalue weighted by atomic mass is 10.2. The van der Waals surface area contributed by atoms with Crippen molar-refractivity contribution < 1.29 is 0 Å². The molecule has 0 aliphatic carbocycles. The number of nitriles is 1. The smallest absolute Gasteiger partial charge is 0.140 e. The maximum absolute atomic E-state index is 8.71. The standard InChI is InChI=1S/C13H14N4/c1-3-10-7-12(4-2)17(16-10)13-6-5-11(8-14)15-9-13/h5-7,9H,3-4H2,1-2H3. The van der Waals surface area contributed by atoms with Gasteiger partial charge >= 0.3 is 0 Å². The van der Waals surface area contributed by atoms with Crippen molar-refractivity contribution in [3.8, 4) is 11.8 Å². The highest BCUT2D eigenvalue weighted by atomic mass is 15.3. The van der Waals surface area contributed by atoms with E-state index in [-0.39, 0.29) is 0 Å². The van der Waals surface area contributed by atoms with E-state index in [1.165, 1.54) is 0 Å². The topological polar surface area (TPSA) is 54.5 Å². The molecule has 2 aromatic heterocycles. The predicted octanol–water partition coefficient (Wildman–Crippen LogP) is 2.26. The summed E-state index contributed by atoms with van der Waals surface area (Å²) in [5.41, 5.74) is 3.56. The Morgan fingerprint density at radius 3 is 2.65 bits per heavy atom. The van der Waals surface area contributed by atoms with Crippen LogP contribution in [0.5, 0.6) is 0 Å². The molecule has 2 rings (SSSR count). The molecule has 0 aliphatic rings. The molecule has 0 fully saturated rings. The van der Waals surface area contributed by atoms with E-state index in [4.69, 9.17) is 5.26 Å². The van der Waals surface area contributed by atoms with Crippen LogP contribution < -0.4 is 0 Å². The zero-order chi connectivity index (χ0) is 12.3. The molecule has 4 heteroatoms. The monoisotopic (exact) mass is 226 g/mol. The molecule has 2 heterocycles. The maximum atomic E-state index is 8.71. The molecule has 2 aromatic rings. The molecule has 0 bridgehead atoms. The molecule has 0 aliphatic heterocycles. The average molecular weight is 226 g/mol. The van der Waals surface area contributed by atoms with Crippen molar-refractivity contribution in [3.63, 3.8) is 0 Å². The zero-order valence-corrected chi connectivity index (χ0v) is 10.0. The van der Waals surface area contributed by atoms with Crippen molar-refractivity contribution in [3.05, 3.63) is 41.5 Å². The highest BCUT2D eigenvalue weighted by Crippen LogP contribution is 2.13. The molecule has 0 N–H and O–H groups in total. The Balaban J connectivity index is 2.44. The Bertz CT molecular complexity index is 546. The second-order valence-corrected chi connectivity index (χ2v) is 3.76. The Hall–Kier alpha value is -2.15. The van der Waals surface area contributed by atoms with E-state index in [9.17, 15) is 0 Å². The first-order chi connectivity index (χ1) is 8.28. The van der Waals surface area contributed by atoms with Crippen LogP contribution in [0.1, 0.15) is 30.9 Å². The van der Waals surface area contributed by atoms with E-state index in [1.807, 2.05) is 16.8 Å². The van der Waals surface area contributed by atoms with E-state index in [0.29, 0.717) is 5.69 Å². The van der Waals surface area contributed by atoms with E-state index < -0.39 is 0 Å². The van der Waals surface area contributed by atoms with Gasteiger partial charge in [0.2, 0.25) is 0 Å². The molecule has 17 heavy (non-hydrogen) atoms. The molecule has 0 amide bonds. The van der Waals surface area contributed by atoms with Crippen LogP contribution in [0, 0.1) is 11.3 Å². The number of aromatic nitrogens is 3. The number of hydrogen-bond donors (Lipinski definition) is 0. The number of pyridine rings is 1. The Kier molecular flexibility index (Phi) is 3.20. The third-order valence-corrected chi connectivity index (χ3v) is 2.67. The van der Waals surface area contributed by atoms with Gasteiger partial charge in [-0.1, -0.05) is 13.8 Å². The van der Waals surface area contributed by atoms with Gasteiger partial charge in [-0.25, -0.2) is 9.67 Å². The summed E-state index contributed by atoms with van der Waals surface area (Å²) in [4.78, 5) is 4.06. The molecular formula is C13H14N4. The number of nitrogens with zero attached hydrogens (tertiary/aromatic N) is 4. The maximum Gasteiger partial charge on any atom is 0.140 e. The van der Waals surface area contributed by atoms with Gasteiger partial charge in [-0.2, -0.15) is 10.4 Å². The van der Waals surface area contributed by atoms with Crippen molar-refractivity contribution in [2.75, 3.05) is 0 Å². The summed E-state index contributed by atoms with van der Waals surface area (Å²) in [7, 11) is 0. The van der Waals surface area contributed by atoms with Gasteiger partial charge in [0.25, 0.3) is 0 Å². The minimum atomic E-state index is 0.426. The van der Waals surface area contributed by atoms with E-state index in [2.05, 4.69) is 30.0 Å². The van der Waals surface area contributed by atoms with Crippen LogP contribution in [0.15, 0.2) is 24.4 Å². The van der Waals surface area contributed by atoms with Gasteiger partial charge in [0.1, 0.15) is 11.8 Å². The first-order valence-corrected chi connectivity index (χ1v) is 5.72. The first-order valence-electron chi connectivity index (χ1n) is 5.72. The fourth-order valence-corrected chi connectivity index (χ4v) is 1.70. The van der Waals surface area contributed by atoms with Crippen LogP contribution in [-0.2, 0) is 12.8 Å². The number of aryl methyl sites for hydroxylation is 2. The minimum absolute atomic E-state index is 0.426. The second-order valence-electron chi connectivity index (χ2n) is 3.76. The van der Waals surface area contributed by atoms with Crippen LogP contribution in [-0.4, -0.2) is 14.8 Å². The molecule has 0 atom stereocenters. The van der Waals surface area contributed by atoms with Gasteiger partial charge in [-0.05, 0) is 31.0 Å². The van der Waals surface area contributed by atoms with Crippen LogP contribution in [0.2, 0.25) is 0 Å². The Morgan fingerprint density at radius 2 is 2.12 bits per heavy atom. The van der Waals surface area contributed by atoms with Crippen molar-refractivity contribution >= 4 is 0 Å². The summed E-state index contributed by atoms with van der Waals surface area (Å²) in [6.45, 7) is 4.19. The Labute approximate surface area is 101 Å². The van der Waals surface area contributed by atoms with Crippen molar-refractivity contribution in [1.82, 2.24) is 14.8 Å². The van der Waals surface area contributed by atoms with Crippen molar-refractivity contribution in [2.45, 2.75) is 26.7 Å². The molecular weight excluding hydrogens is 212 g/mol. The van der Waals surface area contributed by atoms with Gasteiger partial charge in [0, 0.05) is 5.69 Å². The zero-order valence-electron chi connectivity index (χ0n) is 10.0. The number of rotatable bonds is 3. The average Bonchev–Trinajstić information content (AvgIpc) is 2.82. The lowest BCUT2D eigenvalue weighted by Crippen LogP contribution is -2.02. The van der Waals surface area contributed by atoms with Crippen LogP contribution in [0.25, 0.3) is 5.69 Å². The normalized spacial score (nSPS) is 10.2. The molecule has 0 saturated carbocycles. The largest absolute Gasteiger partial charge is 0.243 e. The summed E-state index contributed by atoms with van der Waals surface area (Å²) in [6.07, 6.45) is 3.53. The van der Waals surface area contributed by atoms with Gasteiger partial charge in [-0.15, -0.1) is 0 Å². The van der Waals surface area contributed by atoms with Gasteiger partial charge in [0.05, 0.1) is 17.6 Å². The fourth-order valence-electron chi connectivity index (χ4n) is 1.70. The third kappa shape index (κ3) is 2.18. The molecule has 4 nitrogen and oxygen atoms in total. The number of hydrogen-bond acceptors (Lipinski definition) is 3. The minimum Gasteiger partial charge on any atom is -0.243 e. The van der Waals surface area contributed by atoms with Gasteiger partial charge in [0.15, 0.2) is 0 Å². The molecule has 0 unspecified atom stereocenters. The second kappa shape index (κ2) is 4.79. The van der Waals surface area contributed by atoms with Crippen LogP contribution in [0.4, 0.5) is 0 Å². The lowest BCUT2D eigenvalue weighted by molar-refractivity contribution is 0.790. The third-order valence-electron chi connectivity index (χ3n) is 2.67. The highest BCUT2D eigenvalue weighted by molar-refractivity contribution is 5.34. The van der Waals surface area contributed by atoms with Crippen LogP contribution >= 0.6 is 0 Å². The molecule has 0 saturated heterocycles. The predicted molar refractivity (Wildman–Crippen MR) is 64.8 cm³/mol. The first kappa shape index (κ1) is 11.3. The summed E-state index contributed by atoms with van der Waals surface area (Å²) in [5.74, 6) is 0. The summed E-state index contributed by atoms with van der Waals surface area (Å²) in [6, 6.07) is 7.70. The van der Waals surface area contributed by atoms with Gasteiger partial charge < -0.3 is 0 Å². The summed E-state index contributed by atoms with van der Waals surface area (Å²) >= 11 is 0. The van der Waals surface area contributed by atoms with Gasteiger partial charge in [-0.3, -0.25) is 0 Å².